The molecule has 6 rings (SSSR count). The van der Waals surface area contributed by atoms with Crippen LogP contribution in [0.1, 0.15) is 63.4 Å². The predicted molar refractivity (Wildman–Crippen MR) is 123 cm³/mol. The first-order chi connectivity index (χ1) is 15.0. The lowest BCUT2D eigenvalue weighted by molar-refractivity contribution is -0.128. The van der Waals surface area contributed by atoms with Gasteiger partial charge in [-0.25, -0.2) is 0 Å². The molecule has 4 heteroatoms. The molecule has 1 spiro atoms. The summed E-state index contributed by atoms with van der Waals surface area (Å²) in [6.07, 6.45) is 11.5. The van der Waals surface area contributed by atoms with Crippen molar-refractivity contribution in [3.63, 3.8) is 0 Å². The molecule has 3 nitrogen and oxygen atoms in total. The van der Waals surface area contributed by atoms with Crippen LogP contribution in [-0.4, -0.2) is 31.0 Å². The van der Waals surface area contributed by atoms with Gasteiger partial charge in [-0.15, -0.1) is 11.8 Å². The van der Waals surface area contributed by atoms with Gasteiger partial charge in [0.25, 0.3) is 0 Å². The van der Waals surface area contributed by atoms with Crippen LogP contribution in [0.2, 0.25) is 0 Å². The molecular formula is C27H32O3S. The first-order valence-electron chi connectivity index (χ1n) is 11.9. The van der Waals surface area contributed by atoms with E-state index in [-0.39, 0.29) is 5.41 Å². The Bertz CT molecular complexity index is 969. The highest BCUT2D eigenvalue weighted by Crippen LogP contribution is 2.63. The Balaban J connectivity index is 1.48. The molecule has 2 saturated carbocycles. The maximum Gasteiger partial charge on any atom is 0.188 e. The minimum Gasteiger partial charge on any atom is -0.344 e. The normalized spacial score (nSPS) is 36.3. The second-order valence-corrected chi connectivity index (χ2v) is 11.2. The van der Waals surface area contributed by atoms with Gasteiger partial charge in [-0.3, -0.25) is 4.79 Å². The predicted octanol–water partition coefficient (Wildman–Crippen LogP) is 6.05. The number of rotatable bonds is 2. The van der Waals surface area contributed by atoms with Gasteiger partial charge in [-0.05, 0) is 85.1 Å². The molecule has 0 aromatic heterocycles. The Morgan fingerprint density at radius 3 is 2.55 bits per heavy atom. The molecular weight excluding hydrogens is 404 g/mol. The van der Waals surface area contributed by atoms with Gasteiger partial charge in [-0.1, -0.05) is 24.6 Å². The van der Waals surface area contributed by atoms with Gasteiger partial charge in [-0.2, -0.15) is 0 Å². The molecule has 0 radical (unpaired) electrons. The van der Waals surface area contributed by atoms with Crippen LogP contribution in [0, 0.1) is 17.3 Å². The molecule has 4 atom stereocenters. The SMILES string of the molecule is CSc1ccc(C2C[C@]3(C)C(=O)CCC3C3CCC4=CC5(CCC4=C23)OCCO5)cc1. The molecule has 5 aliphatic rings. The van der Waals surface area contributed by atoms with Crippen molar-refractivity contribution in [2.45, 2.75) is 68.5 Å². The van der Waals surface area contributed by atoms with Crippen molar-refractivity contribution >= 4 is 17.5 Å². The molecule has 1 saturated heterocycles. The minimum absolute atomic E-state index is 0.160. The number of benzene rings is 1. The first kappa shape index (κ1) is 20.3. The number of Topliss-reactive ketones (excluding diaryl/α,β-unsaturated/α-hetero) is 1. The van der Waals surface area contributed by atoms with E-state index in [0.717, 1.165) is 44.9 Å². The van der Waals surface area contributed by atoms with Crippen LogP contribution in [0.25, 0.3) is 0 Å². The largest absolute Gasteiger partial charge is 0.344 e. The molecule has 0 amide bonds. The number of hydrogen-bond acceptors (Lipinski definition) is 4. The van der Waals surface area contributed by atoms with Gasteiger partial charge in [0.2, 0.25) is 0 Å². The van der Waals surface area contributed by atoms with Crippen molar-refractivity contribution in [2.24, 2.45) is 17.3 Å². The fourth-order valence-electron chi connectivity index (χ4n) is 7.39. The zero-order valence-electron chi connectivity index (χ0n) is 18.6. The molecule has 0 N–H and O–H groups in total. The van der Waals surface area contributed by atoms with E-state index >= 15 is 0 Å². The van der Waals surface area contributed by atoms with Crippen molar-refractivity contribution in [1.82, 2.24) is 0 Å². The molecule has 1 aromatic carbocycles. The van der Waals surface area contributed by atoms with Crippen LogP contribution in [-0.2, 0) is 14.3 Å². The summed E-state index contributed by atoms with van der Waals surface area (Å²) in [5, 5.41) is 0. The van der Waals surface area contributed by atoms with E-state index in [1.807, 2.05) is 0 Å². The van der Waals surface area contributed by atoms with Gasteiger partial charge in [0.1, 0.15) is 5.78 Å². The van der Waals surface area contributed by atoms with E-state index < -0.39 is 5.79 Å². The monoisotopic (exact) mass is 436 g/mol. The Kier molecular flexibility index (Phi) is 4.79. The van der Waals surface area contributed by atoms with Crippen molar-refractivity contribution in [2.75, 3.05) is 19.5 Å². The Morgan fingerprint density at radius 2 is 1.81 bits per heavy atom. The number of thioether (sulfide) groups is 1. The maximum atomic E-state index is 13.1. The maximum absolute atomic E-state index is 13.1. The molecule has 1 aromatic rings. The van der Waals surface area contributed by atoms with E-state index in [9.17, 15) is 4.79 Å². The summed E-state index contributed by atoms with van der Waals surface area (Å²) in [5.41, 5.74) is 5.91. The molecule has 1 heterocycles. The summed E-state index contributed by atoms with van der Waals surface area (Å²) in [5.74, 6) is 1.43. The van der Waals surface area contributed by atoms with Crippen LogP contribution < -0.4 is 0 Å². The minimum atomic E-state index is -0.478. The quantitative estimate of drug-likeness (QED) is 0.529. The molecule has 3 fully saturated rings. The number of fused-ring (bicyclic) bond motifs is 4. The van der Waals surface area contributed by atoms with Gasteiger partial charge in [0, 0.05) is 29.1 Å². The van der Waals surface area contributed by atoms with Crippen molar-refractivity contribution in [3.8, 4) is 0 Å². The second-order valence-electron chi connectivity index (χ2n) is 10.3. The van der Waals surface area contributed by atoms with Gasteiger partial charge >= 0.3 is 0 Å². The Labute approximate surface area is 189 Å². The summed E-state index contributed by atoms with van der Waals surface area (Å²) < 4.78 is 12.1. The third-order valence-corrected chi connectivity index (χ3v) is 9.64. The van der Waals surface area contributed by atoms with Crippen LogP contribution in [0.5, 0.6) is 0 Å². The van der Waals surface area contributed by atoms with E-state index in [1.165, 1.54) is 16.0 Å². The highest BCUT2D eigenvalue weighted by molar-refractivity contribution is 7.98. The number of hydrogen-bond donors (Lipinski definition) is 0. The van der Waals surface area contributed by atoms with Crippen LogP contribution in [0.15, 0.2) is 52.0 Å². The smallest absolute Gasteiger partial charge is 0.188 e. The fraction of sp³-hybridized carbons (Fsp3) is 0.593. The average molecular weight is 437 g/mol. The third-order valence-electron chi connectivity index (χ3n) is 8.90. The van der Waals surface area contributed by atoms with Gasteiger partial charge < -0.3 is 9.47 Å². The molecule has 1 aliphatic heterocycles. The lowest BCUT2D eigenvalue weighted by atomic mass is 9.53. The number of allylic oxidation sites excluding steroid dienone is 3. The van der Waals surface area contributed by atoms with E-state index in [1.54, 1.807) is 22.9 Å². The number of ketones is 1. The number of carbonyl (C=O) groups excluding carboxylic acids is 1. The summed E-state index contributed by atoms with van der Waals surface area (Å²) in [4.78, 5) is 14.4. The number of carbonyl (C=O) groups is 1. The third kappa shape index (κ3) is 3.05. The lowest BCUT2D eigenvalue weighted by Gasteiger charge is -2.50. The zero-order valence-corrected chi connectivity index (χ0v) is 19.4. The molecule has 164 valence electrons. The fourth-order valence-corrected chi connectivity index (χ4v) is 7.80. The molecule has 3 unspecified atom stereocenters. The number of ether oxygens (including phenoxy) is 2. The summed E-state index contributed by atoms with van der Waals surface area (Å²) >= 11 is 1.79. The molecule has 4 aliphatic carbocycles. The Hall–Kier alpha value is -1.36. The second kappa shape index (κ2) is 7.33. The zero-order chi connectivity index (χ0) is 21.2. The topological polar surface area (TPSA) is 35.5 Å². The highest BCUT2D eigenvalue weighted by Gasteiger charge is 2.56. The van der Waals surface area contributed by atoms with E-state index in [2.05, 4.69) is 43.5 Å². The van der Waals surface area contributed by atoms with Crippen LogP contribution in [0.4, 0.5) is 0 Å². The van der Waals surface area contributed by atoms with Gasteiger partial charge in [0.15, 0.2) is 5.79 Å². The summed E-state index contributed by atoms with van der Waals surface area (Å²) in [6, 6.07) is 9.13. The van der Waals surface area contributed by atoms with Crippen LogP contribution >= 0.6 is 11.8 Å². The van der Waals surface area contributed by atoms with Crippen molar-refractivity contribution in [1.29, 1.82) is 0 Å². The molecule has 0 bridgehead atoms. The van der Waals surface area contributed by atoms with E-state index in [4.69, 9.17) is 9.47 Å². The summed E-state index contributed by atoms with van der Waals surface area (Å²) in [6.45, 7) is 3.68. The van der Waals surface area contributed by atoms with E-state index in [0.29, 0.717) is 36.8 Å². The molecule has 31 heavy (non-hydrogen) atoms. The van der Waals surface area contributed by atoms with Crippen LogP contribution in [0.3, 0.4) is 0 Å². The summed E-state index contributed by atoms with van der Waals surface area (Å²) in [7, 11) is 0. The first-order valence-corrected chi connectivity index (χ1v) is 13.2. The van der Waals surface area contributed by atoms with Gasteiger partial charge in [0.05, 0.1) is 13.2 Å². The highest BCUT2D eigenvalue weighted by atomic mass is 32.2. The average Bonchev–Trinajstić information content (AvgIpc) is 3.37. The van der Waals surface area contributed by atoms with Crippen molar-refractivity contribution in [3.05, 3.63) is 52.6 Å². The Morgan fingerprint density at radius 1 is 1.03 bits per heavy atom. The standard InChI is InChI=1S/C27H32O3S/c1-26-16-22(17-3-6-19(31-2)7-4-17)25-20-11-12-27(29-13-14-30-27)15-18(20)5-8-21(25)23(26)9-10-24(26)28/h3-4,6-7,15,21-23H,5,8-14,16H2,1-2H3/t21?,22?,23?,26-/m0/s1. The van der Waals surface area contributed by atoms with Crippen molar-refractivity contribution < 1.29 is 14.3 Å². The lowest BCUT2D eigenvalue weighted by Crippen LogP contribution is -2.44.